The molecule has 0 saturated carbocycles. The molecule has 0 aliphatic rings. The van der Waals surface area contributed by atoms with Gasteiger partial charge >= 0.3 is 0 Å². The van der Waals surface area contributed by atoms with Crippen molar-refractivity contribution in [3.05, 3.63) is 41.8 Å². The number of benzene rings is 1. The van der Waals surface area contributed by atoms with Crippen LogP contribution in [-0.2, 0) is 0 Å². The van der Waals surface area contributed by atoms with Crippen LogP contribution in [0.15, 0.2) is 36.7 Å². The molecular formula is C14H13ClN4O2. The summed E-state index contributed by atoms with van der Waals surface area (Å²) >= 11 is 5.94. The third-order valence-corrected chi connectivity index (χ3v) is 2.90. The van der Waals surface area contributed by atoms with Crippen molar-refractivity contribution in [2.75, 3.05) is 6.61 Å². The maximum Gasteiger partial charge on any atom is 0.256 e. The number of hydrogen-bond acceptors (Lipinski definition) is 5. The van der Waals surface area contributed by atoms with E-state index in [1.54, 1.807) is 6.07 Å². The molecule has 0 bridgehead atoms. The lowest BCUT2D eigenvalue weighted by Crippen LogP contribution is -1.98. The Morgan fingerprint density at radius 3 is 2.71 bits per heavy atom. The maximum atomic E-state index is 5.94. The van der Waals surface area contributed by atoms with Crippen molar-refractivity contribution in [2.24, 2.45) is 0 Å². The molecule has 0 unspecified atom stereocenters. The minimum atomic E-state index is 0.299. The third-order valence-electron chi connectivity index (χ3n) is 2.71. The van der Waals surface area contributed by atoms with Crippen LogP contribution < -0.4 is 9.47 Å². The van der Waals surface area contributed by atoms with Crippen LogP contribution in [0.1, 0.15) is 13.3 Å². The molecule has 2 aromatic heterocycles. The first kappa shape index (κ1) is 13.6. The highest BCUT2D eigenvalue weighted by Crippen LogP contribution is 2.25. The average molecular weight is 305 g/mol. The number of rotatable bonds is 5. The molecule has 0 amide bonds. The van der Waals surface area contributed by atoms with Gasteiger partial charge in [-0.2, -0.15) is 19.6 Å². The van der Waals surface area contributed by atoms with Gasteiger partial charge < -0.3 is 9.47 Å². The molecule has 0 aliphatic carbocycles. The monoisotopic (exact) mass is 304 g/mol. The Hall–Kier alpha value is -2.34. The number of halogens is 1. The summed E-state index contributed by atoms with van der Waals surface area (Å²) in [5, 5.41) is 4.35. The van der Waals surface area contributed by atoms with Crippen LogP contribution in [0.25, 0.3) is 5.78 Å². The summed E-state index contributed by atoms with van der Waals surface area (Å²) in [7, 11) is 0. The van der Waals surface area contributed by atoms with Crippen molar-refractivity contribution in [2.45, 2.75) is 13.3 Å². The van der Waals surface area contributed by atoms with E-state index in [0.717, 1.165) is 12.2 Å². The largest absolute Gasteiger partial charge is 0.494 e. The van der Waals surface area contributed by atoms with Gasteiger partial charge in [0.15, 0.2) is 0 Å². The van der Waals surface area contributed by atoms with E-state index >= 15 is 0 Å². The molecule has 7 heteroatoms. The Balaban J connectivity index is 1.83. The number of nitrogens with zero attached hydrogens (tertiary/aromatic N) is 4. The Morgan fingerprint density at radius 1 is 1.19 bits per heavy atom. The van der Waals surface area contributed by atoms with Gasteiger partial charge in [0.1, 0.15) is 23.0 Å². The van der Waals surface area contributed by atoms with Crippen molar-refractivity contribution in [1.82, 2.24) is 19.6 Å². The van der Waals surface area contributed by atoms with Crippen molar-refractivity contribution >= 4 is 17.4 Å². The molecule has 6 nitrogen and oxygen atoms in total. The van der Waals surface area contributed by atoms with Crippen molar-refractivity contribution in [3.63, 3.8) is 0 Å². The summed E-state index contributed by atoms with van der Waals surface area (Å²) in [4.78, 5) is 8.03. The van der Waals surface area contributed by atoms with Gasteiger partial charge in [-0.05, 0) is 30.7 Å². The van der Waals surface area contributed by atoms with Crippen LogP contribution in [0.3, 0.4) is 0 Å². The molecule has 3 aromatic rings. The second-order valence-corrected chi connectivity index (χ2v) is 4.70. The number of fused-ring (bicyclic) bond motifs is 1. The fourth-order valence-electron chi connectivity index (χ4n) is 1.78. The van der Waals surface area contributed by atoms with E-state index in [1.807, 2.05) is 24.3 Å². The lowest BCUT2D eigenvalue weighted by Gasteiger charge is -2.08. The second kappa shape index (κ2) is 5.97. The molecule has 3 rings (SSSR count). The third kappa shape index (κ3) is 3.05. The predicted octanol–water partition coefficient (Wildman–Crippen LogP) is 3.36. The molecule has 0 aliphatic heterocycles. The van der Waals surface area contributed by atoms with Crippen LogP contribution in [0.4, 0.5) is 0 Å². The summed E-state index contributed by atoms with van der Waals surface area (Å²) in [5.74, 6) is 2.30. The predicted molar refractivity (Wildman–Crippen MR) is 78.1 cm³/mol. The zero-order valence-corrected chi connectivity index (χ0v) is 12.1. The molecular weight excluding hydrogens is 292 g/mol. The van der Waals surface area contributed by atoms with Gasteiger partial charge in [0.25, 0.3) is 5.78 Å². The first-order valence-electron chi connectivity index (χ1n) is 6.53. The first-order chi connectivity index (χ1) is 10.3. The summed E-state index contributed by atoms with van der Waals surface area (Å²) in [6.45, 7) is 2.76. The Bertz CT molecular complexity index is 742. The van der Waals surface area contributed by atoms with Gasteiger partial charge in [0, 0.05) is 6.07 Å². The van der Waals surface area contributed by atoms with Crippen LogP contribution in [0.2, 0.25) is 5.15 Å². The smallest absolute Gasteiger partial charge is 0.256 e. The minimum Gasteiger partial charge on any atom is -0.494 e. The van der Waals surface area contributed by atoms with Crippen LogP contribution in [0, 0.1) is 0 Å². The summed E-state index contributed by atoms with van der Waals surface area (Å²) in [6, 6.07) is 8.94. The van der Waals surface area contributed by atoms with Crippen molar-refractivity contribution in [1.29, 1.82) is 0 Å². The fourth-order valence-corrected chi connectivity index (χ4v) is 1.94. The fraction of sp³-hybridized carbons (Fsp3) is 0.214. The van der Waals surface area contributed by atoms with E-state index in [2.05, 4.69) is 22.0 Å². The van der Waals surface area contributed by atoms with Gasteiger partial charge in [-0.25, -0.2) is 0 Å². The Labute approximate surface area is 126 Å². The van der Waals surface area contributed by atoms with E-state index in [1.165, 1.54) is 10.8 Å². The lowest BCUT2D eigenvalue weighted by atomic mass is 10.3. The SMILES string of the molecule is CCCOc1ccc(Oc2cc(Cl)nc3ncnn23)cc1. The van der Waals surface area contributed by atoms with Crippen LogP contribution >= 0.6 is 11.6 Å². The molecule has 0 fully saturated rings. The molecule has 108 valence electrons. The molecule has 2 heterocycles. The van der Waals surface area contributed by atoms with E-state index in [9.17, 15) is 0 Å². The Morgan fingerprint density at radius 2 is 1.95 bits per heavy atom. The lowest BCUT2D eigenvalue weighted by molar-refractivity contribution is 0.317. The second-order valence-electron chi connectivity index (χ2n) is 4.31. The van der Waals surface area contributed by atoms with E-state index in [0.29, 0.717) is 29.2 Å². The number of aromatic nitrogens is 4. The molecule has 0 atom stereocenters. The molecule has 0 radical (unpaired) electrons. The van der Waals surface area contributed by atoms with Gasteiger partial charge in [-0.1, -0.05) is 18.5 Å². The topological polar surface area (TPSA) is 61.5 Å². The first-order valence-corrected chi connectivity index (χ1v) is 6.91. The normalized spacial score (nSPS) is 10.8. The van der Waals surface area contributed by atoms with Gasteiger partial charge in [-0.15, -0.1) is 0 Å². The van der Waals surface area contributed by atoms with Crippen molar-refractivity contribution in [3.8, 4) is 17.4 Å². The maximum absolute atomic E-state index is 5.94. The molecule has 0 saturated heterocycles. The molecule has 0 N–H and O–H groups in total. The number of hydrogen-bond donors (Lipinski definition) is 0. The highest BCUT2D eigenvalue weighted by atomic mass is 35.5. The van der Waals surface area contributed by atoms with E-state index in [4.69, 9.17) is 21.1 Å². The van der Waals surface area contributed by atoms with Gasteiger partial charge in [0.2, 0.25) is 5.88 Å². The zero-order chi connectivity index (χ0) is 14.7. The van der Waals surface area contributed by atoms with Crippen LogP contribution in [-0.4, -0.2) is 26.2 Å². The summed E-state index contributed by atoms with van der Waals surface area (Å²) in [5.41, 5.74) is 0. The standard InChI is InChI=1S/C14H13ClN4O2/c1-2-7-20-10-3-5-11(6-4-10)21-13-8-12(15)18-14-16-9-17-19(13)14/h3-6,8-9H,2,7H2,1H3. The van der Waals surface area contributed by atoms with Crippen molar-refractivity contribution < 1.29 is 9.47 Å². The van der Waals surface area contributed by atoms with E-state index in [-0.39, 0.29) is 0 Å². The van der Waals surface area contributed by atoms with E-state index < -0.39 is 0 Å². The Kier molecular flexibility index (Phi) is 3.87. The van der Waals surface area contributed by atoms with Gasteiger partial charge in [0.05, 0.1) is 6.61 Å². The molecule has 0 spiro atoms. The number of ether oxygens (including phenoxy) is 2. The molecule has 21 heavy (non-hydrogen) atoms. The quantitative estimate of drug-likeness (QED) is 0.676. The van der Waals surface area contributed by atoms with Gasteiger partial charge in [-0.3, -0.25) is 0 Å². The average Bonchev–Trinajstić information content (AvgIpc) is 2.95. The summed E-state index contributed by atoms with van der Waals surface area (Å²) < 4.78 is 12.8. The minimum absolute atomic E-state index is 0.299. The summed E-state index contributed by atoms with van der Waals surface area (Å²) in [6.07, 6.45) is 2.37. The highest BCUT2D eigenvalue weighted by molar-refractivity contribution is 6.29. The molecule has 1 aromatic carbocycles. The zero-order valence-electron chi connectivity index (χ0n) is 11.4. The van der Waals surface area contributed by atoms with Crippen LogP contribution in [0.5, 0.6) is 17.4 Å². The highest BCUT2D eigenvalue weighted by Gasteiger charge is 2.08.